The highest BCUT2D eigenvalue weighted by atomic mass is 32.2. The molecule has 1 heterocycles. The van der Waals surface area contributed by atoms with Gasteiger partial charge in [0.05, 0.1) is 11.0 Å². The zero-order chi connectivity index (χ0) is 15.3. The van der Waals surface area contributed by atoms with E-state index in [0.29, 0.717) is 23.0 Å². The van der Waals surface area contributed by atoms with E-state index < -0.39 is 9.84 Å². The van der Waals surface area contributed by atoms with Crippen molar-refractivity contribution in [3.05, 3.63) is 29.8 Å². The summed E-state index contributed by atoms with van der Waals surface area (Å²) in [5, 5.41) is 3.63. The second-order valence-corrected chi connectivity index (χ2v) is 8.86. The third kappa shape index (κ3) is 2.62. The summed E-state index contributed by atoms with van der Waals surface area (Å²) < 4.78 is 28.7. The van der Waals surface area contributed by atoms with E-state index in [-0.39, 0.29) is 5.41 Å². The number of hydrogen-bond acceptors (Lipinski definition) is 4. The predicted octanol–water partition coefficient (Wildman–Crippen LogP) is 1.99. The fourth-order valence-corrected chi connectivity index (χ4v) is 4.45. The van der Waals surface area contributed by atoms with Crippen LogP contribution in [0.2, 0.25) is 0 Å². The summed E-state index contributed by atoms with van der Waals surface area (Å²) in [5.41, 5.74) is 1.29. The highest BCUT2D eigenvalue weighted by Crippen LogP contribution is 2.52. The standard InChI is InChI=1S/C16H23NO3S/c1-16(2)14(13-8-9-20-15(13)16)17-10-11-4-6-12(7-5-11)21(3,18)19/h4-7,13-15,17H,8-10H2,1-3H3. The molecule has 1 N–H and O–H groups in total. The van der Waals surface area contributed by atoms with E-state index in [0.717, 1.165) is 25.1 Å². The van der Waals surface area contributed by atoms with E-state index in [1.807, 2.05) is 12.1 Å². The molecule has 3 unspecified atom stereocenters. The number of sulfone groups is 1. The van der Waals surface area contributed by atoms with Crippen LogP contribution in [0, 0.1) is 11.3 Å². The molecule has 3 rings (SSSR count). The summed E-state index contributed by atoms with van der Waals surface area (Å²) in [6.07, 6.45) is 2.76. The number of fused-ring (bicyclic) bond motifs is 1. The first-order valence-corrected chi connectivity index (χ1v) is 9.33. The molecule has 2 aliphatic rings. The molecular weight excluding hydrogens is 286 g/mol. The molecule has 21 heavy (non-hydrogen) atoms. The molecule has 5 heteroatoms. The Bertz CT molecular complexity index is 621. The molecule has 0 aromatic heterocycles. The van der Waals surface area contributed by atoms with Crippen LogP contribution in [-0.4, -0.2) is 33.4 Å². The van der Waals surface area contributed by atoms with E-state index in [1.54, 1.807) is 12.1 Å². The quantitative estimate of drug-likeness (QED) is 0.924. The maximum atomic E-state index is 11.4. The summed E-state index contributed by atoms with van der Waals surface area (Å²) in [5.74, 6) is 0.621. The Morgan fingerprint density at radius 2 is 1.95 bits per heavy atom. The van der Waals surface area contributed by atoms with Gasteiger partial charge in [-0.3, -0.25) is 0 Å². The van der Waals surface area contributed by atoms with Gasteiger partial charge in [-0.1, -0.05) is 26.0 Å². The lowest BCUT2D eigenvalue weighted by Crippen LogP contribution is -2.65. The van der Waals surface area contributed by atoms with E-state index in [2.05, 4.69) is 19.2 Å². The molecule has 1 saturated heterocycles. The molecule has 116 valence electrons. The van der Waals surface area contributed by atoms with Crippen LogP contribution in [0.5, 0.6) is 0 Å². The summed E-state index contributed by atoms with van der Waals surface area (Å²) in [4.78, 5) is 0.375. The lowest BCUT2D eigenvalue weighted by molar-refractivity contribution is -0.113. The third-order valence-corrected chi connectivity index (χ3v) is 6.11. The van der Waals surface area contributed by atoms with Gasteiger partial charge < -0.3 is 10.1 Å². The van der Waals surface area contributed by atoms with Crippen LogP contribution < -0.4 is 5.32 Å². The molecule has 0 amide bonds. The van der Waals surface area contributed by atoms with Gasteiger partial charge in [0, 0.05) is 36.8 Å². The van der Waals surface area contributed by atoms with Gasteiger partial charge in [0.15, 0.2) is 9.84 Å². The summed E-state index contributed by atoms with van der Waals surface area (Å²) in [6.45, 7) is 6.15. The number of rotatable bonds is 4. The smallest absolute Gasteiger partial charge is 0.175 e. The summed E-state index contributed by atoms with van der Waals surface area (Å²) in [6, 6.07) is 7.61. The lowest BCUT2D eigenvalue weighted by Gasteiger charge is -2.55. The highest BCUT2D eigenvalue weighted by molar-refractivity contribution is 7.90. The first kappa shape index (κ1) is 15.0. The topological polar surface area (TPSA) is 55.4 Å². The predicted molar refractivity (Wildman–Crippen MR) is 81.8 cm³/mol. The molecule has 0 bridgehead atoms. The Morgan fingerprint density at radius 3 is 2.57 bits per heavy atom. The summed E-state index contributed by atoms with van der Waals surface area (Å²) >= 11 is 0. The van der Waals surface area contributed by atoms with Crippen LogP contribution in [-0.2, 0) is 21.1 Å². The molecule has 0 radical (unpaired) electrons. The molecular formula is C16H23NO3S. The Kier molecular flexibility index (Phi) is 3.62. The second kappa shape index (κ2) is 5.07. The zero-order valence-electron chi connectivity index (χ0n) is 12.8. The van der Waals surface area contributed by atoms with Gasteiger partial charge in [0.25, 0.3) is 0 Å². The van der Waals surface area contributed by atoms with Gasteiger partial charge in [0.1, 0.15) is 0 Å². The molecule has 1 aliphatic carbocycles. The minimum atomic E-state index is -3.11. The van der Waals surface area contributed by atoms with Crippen molar-refractivity contribution in [2.75, 3.05) is 12.9 Å². The Hall–Kier alpha value is -0.910. The third-order valence-electron chi connectivity index (χ3n) is 4.98. The molecule has 4 nitrogen and oxygen atoms in total. The zero-order valence-corrected chi connectivity index (χ0v) is 13.6. The van der Waals surface area contributed by atoms with Gasteiger partial charge in [-0.15, -0.1) is 0 Å². The van der Waals surface area contributed by atoms with Crippen molar-refractivity contribution in [3.8, 4) is 0 Å². The largest absolute Gasteiger partial charge is 0.377 e. The first-order chi connectivity index (χ1) is 9.80. The Morgan fingerprint density at radius 1 is 1.29 bits per heavy atom. The second-order valence-electron chi connectivity index (χ2n) is 6.84. The van der Waals surface area contributed by atoms with Crippen LogP contribution in [0.3, 0.4) is 0 Å². The van der Waals surface area contributed by atoms with Crippen LogP contribution in [0.1, 0.15) is 25.8 Å². The van der Waals surface area contributed by atoms with E-state index >= 15 is 0 Å². The van der Waals surface area contributed by atoms with E-state index in [9.17, 15) is 8.42 Å². The Balaban J connectivity index is 1.63. The number of hydrogen-bond donors (Lipinski definition) is 1. The minimum Gasteiger partial charge on any atom is -0.377 e. The van der Waals surface area contributed by atoms with E-state index in [4.69, 9.17) is 4.74 Å². The van der Waals surface area contributed by atoms with Gasteiger partial charge in [-0.05, 0) is 24.1 Å². The minimum absolute atomic E-state index is 0.174. The average Bonchev–Trinajstić information content (AvgIpc) is 2.85. The van der Waals surface area contributed by atoms with Crippen molar-refractivity contribution in [2.24, 2.45) is 11.3 Å². The molecule has 1 aromatic carbocycles. The fourth-order valence-electron chi connectivity index (χ4n) is 3.82. The van der Waals surface area contributed by atoms with E-state index in [1.165, 1.54) is 6.26 Å². The fraction of sp³-hybridized carbons (Fsp3) is 0.625. The molecule has 2 fully saturated rings. The highest BCUT2D eigenvalue weighted by Gasteiger charge is 2.58. The first-order valence-electron chi connectivity index (χ1n) is 7.44. The van der Waals surface area contributed by atoms with Crippen molar-refractivity contribution in [2.45, 2.75) is 43.9 Å². The van der Waals surface area contributed by atoms with Crippen LogP contribution in [0.4, 0.5) is 0 Å². The van der Waals surface area contributed by atoms with Crippen LogP contribution >= 0.6 is 0 Å². The SMILES string of the molecule is CC1(C)C(NCc2ccc(S(C)(=O)=O)cc2)C2CCOC21. The van der Waals surface area contributed by atoms with Crippen molar-refractivity contribution in [1.82, 2.24) is 5.32 Å². The van der Waals surface area contributed by atoms with Crippen molar-refractivity contribution >= 4 is 9.84 Å². The van der Waals surface area contributed by atoms with Gasteiger partial charge >= 0.3 is 0 Å². The lowest BCUT2D eigenvalue weighted by atomic mass is 9.57. The molecule has 1 aliphatic heterocycles. The number of ether oxygens (including phenoxy) is 1. The van der Waals surface area contributed by atoms with Crippen molar-refractivity contribution < 1.29 is 13.2 Å². The van der Waals surface area contributed by atoms with Crippen LogP contribution in [0.25, 0.3) is 0 Å². The molecule has 0 spiro atoms. The van der Waals surface area contributed by atoms with Crippen LogP contribution in [0.15, 0.2) is 29.2 Å². The molecule has 1 saturated carbocycles. The Labute approximate surface area is 126 Å². The van der Waals surface area contributed by atoms with Gasteiger partial charge in [0.2, 0.25) is 0 Å². The monoisotopic (exact) mass is 309 g/mol. The number of benzene rings is 1. The average molecular weight is 309 g/mol. The summed E-state index contributed by atoms with van der Waals surface area (Å²) in [7, 11) is -3.11. The number of nitrogens with one attached hydrogen (secondary N) is 1. The van der Waals surface area contributed by atoms with Crippen molar-refractivity contribution in [3.63, 3.8) is 0 Å². The van der Waals surface area contributed by atoms with Gasteiger partial charge in [-0.25, -0.2) is 8.42 Å². The molecule has 1 aromatic rings. The molecule has 3 atom stereocenters. The van der Waals surface area contributed by atoms with Gasteiger partial charge in [-0.2, -0.15) is 0 Å². The normalized spacial score (nSPS) is 30.7. The van der Waals surface area contributed by atoms with Crippen molar-refractivity contribution in [1.29, 1.82) is 0 Å². The maximum absolute atomic E-state index is 11.4. The maximum Gasteiger partial charge on any atom is 0.175 e.